The van der Waals surface area contributed by atoms with Crippen molar-refractivity contribution in [2.24, 2.45) is 0 Å². The molecule has 0 aliphatic carbocycles. The zero-order valence-corrected chi connectivity index (χ0v) is 11.7. The van der Waals surface area contributed by atoms with E-state index in [1.54, 1.807) is 11.3 Å². The van der Waals surface area contributed by atoms with Crippen LogP contribution in [0, 0.1) is 2.88 Å². The standard InChI is InChI=1S/C10H13IN2OS/c1-12(2)8-4-13(5-8)10(14)7-3-9(11)15-6-7/h3,6,8H,4-5H2,1-2H3. The summed E-state index contributed by atoms with van der Waals surface area (Å²) in [6.07, 6.45) is 0. The quantitative estimate of drug-likeness (QED) is 0.768. The molecule has 2 heterocycles. The van der Waals surface area contributed by atoms with E-state index in [1.807, 2.05) is 16.3 Å². The summed E-state index contributed by atoms with van der Waals surface area (Å²) >= 11 is 3.86. The van der Waals surface area contributed by atoms with E-state index in [9.17, 15) is 4.79 Å². The van der Waals surface area contributed by atoms with Crippen LogP contribution in [0.5, 0.6) is 0 Å². The van der Waals surface area contributed by atoms with E-state index >= 15 is 0 Å². The Morgan fingerprint density at radius 3 is 2.73 bits per heavy atom. The first-order valence-electron chi connectivity index (χ1n) is 4.77. The minimum Gasteiger partial charge on any atom is -0.335 e. The van der Waals surface area contributed by atoms with Crippen LogP contribution in [0.2, 0.25) is 0 Å². The average molecular weight is 336 g/mol. The Bertz CT molecular complexity index is 371. The first-order valence-corrected chi connectivity index (χ1v) is 6.73. The molecule has 0 N–H and O–H groups in total. The van der Waals surface area contributed by atoms with Crippen LogP contribution < -0.4 is 0 Å². The molecule has 1 aliphatic heterocycles. The molecule has 0 bridgehead atoms. The van der Waals surface area contributed by atoms with Crippen LogP contribution >= 0.6 is 33.9 Å². The molecule has 0 aromatic carbocycles. The summed E-state index contributed by atoms with van der Waals surface area (Å²) in [6.45, 7) is 1.72. The molecule has 1 saturated heterocycles. The molecular formula is C10H13IN2OS. The van der Waals surface area contributed by atoms with E-state index in [0.717, 1.165) is 18.7 Å². The SMILES string of the molecule is CN(C)C1CN(C(=O)c2csc(I)c2)C1. The Morgan fingerprint density at radius 2 is 2.27 bits per heavy atom. The summed E-state index contributed by atoms with van der Waals surface area (Å²) in [5.41, 5.74) is 0.835. The summed E-state index contributed by atoms with van der Waals surface area (Å²) in [5.74, 6) is 0.173. The van der Waals surface area contributed by atoms with Gasteiger partial charge < -0.3 is 9.80 Å². The van der Waals surface area contributed by atoms with E-state index < -0.39 is 0 Å². The Hall–Kier alpha value is -0.140. The predicted molar refractivity (Wildman–Crippen MR) is 70.4 cm³/mol. The van der Waals surface area contributed by atoms with Crippen LogP contribution in [0.15, 0.2) is 11.4 Å². The molecule has 1 aromatic heterocycles. The van der Waals surface area contributed by atoms with Gasteiger partial charge in [-0.25, -0.2) is 0 Å². The summed E-state index contributed by atoms with van der Waals surface area (Å²) in [6, 6.07) is 2.49. The molecule has 82 valence electrons. The molecule has 1 aliphatic rings. The van der Waals surface area contributed by atoms with Crippen molar-refractivity contribution >= 4 is 39.8 Å². The molecular weight excluding hydrogens is 323 g/mol. The van der Waals surface area contributed by atoms with Gasteiger partial charge in [0, 0.05) is 24.5 Å². The summed E-state index contributed by atoms with van der Waals surface area (Å²) in [5, 5.41) is 1.94. The molecule has 1 fully saturated rings. The second kappa shape index (κ2) is 4.39. The normalized spacial score (nSPS) is 16.9. The van der Waals surface area contributed by atoms with Gasteiger partial charge in [0.1, 0.15) is 0 Å². The van der Waals surface area contributed by atoms with Gasteiger partial charge in [0.15, 0.2) is 0 Å². The number of hydrogen-bond donors (Lipinski definition) is 0. The fraction of sp³-hybridized carbons (Fsp3) is 0.500. The van der Waals surface area contributed by atoms with Gasteiger partial charge in [0.25, 0.3) is 5.91 Å². The molecule has 1 amide bonds. The second-order valence-corrected chi connectivity index (χ2v) is 6.77. The van der Waals surface area contributed by atoms with Crippen LogP contribution in [0.25, 0.3) is 0 Å². The highest BCUT2D eigenvalue weighted by Crippen LogP contribution is 2.21. The first kappa shape index (κ1) is 11.3. The Morgan fingerprint density at radius 1 is 1.60 bits per heavy atom. The number of nitrogens with zero attached hydrogens (tertiary/aromatic N) is 2. The summed E-state index contributed by atoms with van der Waals surface area (Å²) in [7, 11) is 4.11. The third-order valence-corrected chi connectivity index (χ3v) is 4.48. The Balaban J connectivity index is 1.95. The third-order valence-electron chi connectivity index (χ3n) is 2.69. The minimum atomic E-state index is 0.173. The van der Waals surface area contributed by atoms with Crippen molar-refractivity contribution in [3.63, 3.8) is 0 Å². The fourth-order valence-corrected chi connectivity index (χ4v) is 2.87. The maximum Gasteiger partial charge on any atom is 0.254 e. The smallest absolute Gasteiger partial charge is 0.254 e. The topological polar surface area (TPSA) is 23.6 Å². The molecule has 0 atom stereocenters. The second-order valence-electron chi connectivity index (χ2n) is 3.97. The van der Waals surface area contributed by atoms with E-state index in [1.165, 1.54) is 2.88 Å². The number of hydrogen-bond acceptors (Lipinski definition) is 3. The number of carbonyl (C=O) groups excluding carboxylic acids is 1. The van der Waals surface area contributed by atoms with Crippen molar-refractivity contribution < 1.29 is 4.79 Å². The molecule has 0 spiro atoms. The van der Waals surface area contributed by atoms with Crippen LogP contribution in [0.3, 0.4) is 0 Å². The van der Waals surface area contributed by atoms with E-state index in [2.05, 4.69) is 41.6 Å². The fourth-order valence-electron chi connectivity index (χ4n) is 1.55. The predicted octanol–water partition coefficient (Wildman–Crippen LogP) is 1.74. The molecule has 0 saturated carbocycles. The largest absolute Gasteiger partial charge is 0.335 e. The minimum absolute atomic E-state index is 0.173. The molecule has 1 aromatic rings. The molecule has 0 radical (unpaired) electrons. The van der Waals surface area contributed by atoms with Gasteiger partial charge in [-0.1, -0.05) is 0 Å². The van der Waals surface area contributed by atoms with Gasteiger partial charge in [0.2, 0.25) is 0 Å². The van der Waals surface area contributed by atoms with Gasteiger partial charge in [-0.2, -0.15) is 0 Å². The third kappa shape index (κ3) is 2.34. The monoisotopic (exact) mass is 336 g/mol. The van der Waals surface area contributed by atoms with Crippen molar-refractivity contribution in [1.82, 2.24) is 9.80 Å². The lowest BCUT2D eigenvalue weighted by Crippen LogP contribution is -2.59. The number of halogens is 1. The van der Waals surface area contributed by atoms with E-state index in [0.29, 0.717) is 6.04 Å². The highest BCUT2D eigenvalue weighted by molar-refractivity contribution is 14.1. The molecule has 0 unspecified atom stereocenters. The maximum atomic E-state index is 11.9. The van der Waals surface area contributed by atoms with Crippen LogP contribution in [-0.4, -0.2) is 48.9 Å². The highest BCUT2D eigenvalue weighted by atomic mass is 127. The van der Waals surface area contributed by atoms with Gasteiger partial charge in [-0.15, -0.1) is 11.3 Å². The number of amides is 1. The van der Waals surface area contributed by atoms with Gasteiger partial charge >= 0.3 is 0 Å². The lowest BCUT2D eigenvalue weighted by molar-refractivity contribution is 0.0400. The van der Waals surface area contributed by atoms with Crippen LogP contribution in [-0.2, 0) is 0 Å². The number of likely N-dealkylation sites (tertiary alicyclic amines) is 1. The van der Waals surface area contributed by atoms with Crippen LogP contribution in [0.4, 0.5) is 0 Å². The number of thiophene rings is 1. The molecule has 3 nitrogen and oxygen atoms in total. The Labute approximate surface area is 107 Å². The number of likely N-dealkylation sites (N-methyl/N-ethyl adjacent to an activating group) is 1. The van der Waals surface area contributed by atoms with Crippen molar-refractivity contribution in [2.45, 2.75) is 6.04 Å². The summed E-state index contributed by atoms with van der Waals surface area (Å²) < 4.78 is 1.17. The average Bonchev–Trinajstić information content (AvgIpc) is 2.48. The van der Waals surface area contributed by atoms with Gasteiger partial charge in [-0.3, -0.25) is 4.79 Å². The van der Waals surface area contributed by atoms with Crippen molar-refractivity contribution in [3.05, 3.63) is 19.9 Å². The zero-order chi connectivity index (χ0) is 11.0. The zero-order valence-electron chi connectivity index (χ0n) is 8.74. The van der Waals surface area contributed by atoms with Crippen molar-refractivity contribution in [2.75, 3.05) is 27.2 Å². The van der Waals surface area contributed by atoms with E-state index in [4.69, 9.17) is 0 Å². The van der Waals surface area contributed by atoms with Crippen molar-refractivity contribution in [3.8, 4) is 0 Å². The molecule has 15 heavy (non-hydrogen) atoms. The van der Waals surface area contributed by atoms with Crippen LogP contribution in [0.1, 0.15) is 10.4 Å². The molecule has 5 heteroatoms. The number of rotatable bonds is 2. The lowest BCUT2D eigenvalue weighted by Gasteiger charge is -2.42. The number of carbonyl (C=O) groups is 1. The highest BCUT2D eigenvalue weighted by Gasteiger charge is 2.32. The van der Waals surface area contributed by atoms with Gasteiger partial charge in [-0.05, 0) is 42.8 Å². The molecule has 2 rings (SSSR count). The maximum absolute atomic E-state index is 11.9. The summed E-state index contributed by atoms with van der Waals surface area (Å²) in [4.78, 5) is 16.0. The van der Waals surface area contributed by atoms with Gasteiger partial charge in [0.05, 0.1) is 8.45 Å². The van der Waals surface area contributed by atoms with E-state index in [-0.39, 0.29) is 5.91 Å². The lowest BCUT2D eigenvalue weighted by atomic mass is 10.1. The van der Waals surface area contributed by atoms with Crippen molar-refractivity contribution in [1.29, 1.82) is 0 Å². The Kier molecular flexibility index (Phi) is 3.32. The first-order chi connectivity index (χ1) is 7.08.